The Morgan fingerprint density at radius 2 is 0.529 bits per heavy atom. The van der Waals surface area contributed by atoms with Crippen LogP contribution in [0.1, 0.15) is 112 Å². The maximum absolute atomic E-state index is 13.4. The van der Waals surface area contributed by atoms with Crippen LogP contribution in [-0.2, 0) is 107 Å². The van der Waals surface area contributed by atoms with Crippen LogP contribution in [0.5, 0.6) is 0 Å². The minimum Gasteiger partial charge on any atom is -0.363 e. The highest BCUT2D eigenvalue weighted by Gasteiger charge is 2.39. The molecular formula is C100H95N15O6. The fourth-order valence-corrected chi connectivity index (χ4v) is 19.1. The summed E-state index contributed by atoms with van der Waals surface area (Å²) in [6, 6.07) is 62.1. The summed E-state index contributed by atoms with van der Waals surface area (Å²) >= 11 is 0. The Morgan fingerprint density at radius 3 is 0.826 bits per heavy atom. The number of hydrogen-bond acceptors (Lipinski definition) is 12. The molecule has 0 radical (unpaired) electrons. The molecule has 21 nitrogen and oxygen atoms in total. The Labute approximate surface area is 700 Å². The number of para-hydroxylation sites is 6. The molecule has 8 aliphatic rings. The number of amides is 6. The Morgan fingerprint density at radius 1 is 0.264 bits per heavy atom. The summed E-state index contributed by atoms with van der Waals surface area (Å²) < 4.78 is 13.3. The molecule has 0 saturated carbocycles. The standard InChI is InChI=1S/C34H33N5O2.2C33H31N5O2/c1-37(2)32-22-10-7-8-18-38-20-26(24-12-3-5-14-28(24)38)30-31(34(41)36-33(30)40)27-21-39(29-15-6-4-13-25(27)29)19-9-11-23(35-32)17-16-22;1-36(2)31-21-9-7-17-37-19-25(23-11-3-5-13-27(23)37)29-30(33(40)35-32(29)39)26-20-38(28-14-6-4-12-24(26)28)18-8-10-22(34-31)16-15-21;1-36(2)29-18-21-9-7-15-37-19-25(23-11-3-5-13-27(23)37)30-31(33(40)35-32(30)39)26-20-38(16-8-10-22(17-21)34-29)28-14-6-4-12-24(26)28/h3-6,12-17,20-21H,7-11,18-19H2,1-2H3,(H,36,40,41);3-6,11-16,19-20H,7-10,17-18H2,1-2H3,(H,35,39,40);3-6,11-14,17-20H,7-10,15-16H2,1-2H3,(H,35,39,40). The van der Waals surface area contributed by atoms with Crippen molar-refractivity contribution >= 4 is 152 Å². The van der Waals surface area contributed by atoms with Gasteiger partial charge in [-0.15, -0.1) is 0 Å². The number of rotatable bonds is 3. The lowest BCUT2D eigenvalue weighted by atomic mass is 9.95. The average Bonchev–Trinajstić information content (AvgIpc) is 1.59. The van der Waals surface area contributed by atoms with Gasteiger partial charge in [-0.1, -0.05) is 121 Å². The first-order chi connectivity index (χ1) is 59.0. The van der Waals surface area contributed by atoms with Gasteiger partial charge in [0.1, 0.15) is 17.5 Å². The first-order valence-corrected chi connectivity index (χ1v) is 42.3. The molecule has 121 heavy (non-hydrogen) atoms. The Bertz CT molecular complexity index is 6740. The van der Waals surface area contributed by atoms with Gasteiger partial charge >= 0.3 is 0 Å². The summed E-state index contributed by atoms with van der Waals surface area (Å²) in [6.45, 7) is 4.74. The quantitative estimate of drug-likeness (QED) is 0.141. The second kappa shape index (κ2) is 32.1. The predicted molar refractivity (Wildman–Crippen MR) is 482 cm³/mol. The number of nitrogens with one attached hydrogen (secondary N) is 3. The van der Waals surface area contributed by atoms with E-state index >= 15 is 0 Å². The van der Waals surface area contributed by atoms with E-state index in [2.05, 4.69) is 178 Å². The van der Waals surface area contributed by atoms with Crippen molar-refractivity contribution in [1.29, 1.82) is 0 Å². The number of aryl methyl sites for hydroxylation is 12. The average molecular weight is 1600 g/mol. The lowest BCUT2D eigenvalue weighted by molar-refractivity contribution is -0.124. The third-order valence-electron chi connectivity index (χ3n) is 24.7. The maximum atomic E-state index is 13.4. The zero-order chi connectivity index (χ0) is 82.8. The molecule has 8 aliphatic heterocycles. The highest BCUT2D eigenvalue weighted by molar-refractivity contribution is 6.53. The molecule has 21 heteroatoms. The van der Waals surface area contributed by atoms with Crippen molar-refractivity contribution in [2.24, 2.45) is 0 Å². The number of pyridine rings is 3. The van der Waals surface area contributed by atoms with E-state index in [9.17, 15) is 28.8 Å². The second-order valence-electron chi connectivity index (χ2n) is 33.2. The summed E-state index contributed by atoms with van der Waals surface area (Å²) in [7, 11) is 12.3. The molecule has 17 heterocycles. The van der Waals surface area contributed by atoms with E-state index in [1.165, 1.54) is 16.7 Å². The van der Waals surface area contributed by atoms with E-state index in [1.54, 1.807) is 0 Å². The van der Waals surface area contributed by atoms with Crippen molar-refractivity contribution < 1.29 is 28.8 Å². The molecule has 6 aromatic carbocycles. The molecule has 0 atom stereocenters. The first kappa shape index (κ1) is 77.0. The predicted octanol–water partition coefficient (Wildman–Crippen LogP) is 16.0. The third-order valence-corrected chi connectivity index (χ3v) is 24.7. The van der Waals surface area contributed by atoms with Gasteiger partial charge in [0.05, 0.1) is 33.4 Å². The lowest BCUT2D eigenvalue weighted by Gasteiger charge is -2.18. The van der Waals surface area contributed by atoms with Gasteiger partial charge < -0.3 is 42.1 Å². The van der Waals surface area contributed by atoms with Gasteiger partial charge in [-0.2, -0.15) is 0 Å². The highest BCUT2D eigenvalue weighted by atomic mass is 16.2. The molecule has 0 fully saturated rings. The van der Waals surface area contributed by atoms with Crippen LogP contribution < -0.4 is 30.7 Å². The summed E-state index contributed by atoms with van der Waals surface area (Å²) in [4.78, 5) is 102. The number of aromatic nitrogens is 9. The molecule has 9 aromatic heterocycles. The molecule has 15 aromatic rings. The van der Waals surface area contributed by atoms with Crippen molar-refractivity contribution in [3.63, 3.8) is 0 Å². The smallest absolute Gasteiger partial charge is 0.259 e. The van der Waals surface area contributed by atoms with E-state index in [1.807, 2.05) is 142 Å². The highest BCUT2D eigenvalue weighted by Crippen LogP contribution is 2.44. The fourth-order valence-electron chi connectivity index (χ4n) is 19.1. The van der Waals surface area contributed by atoms with Crippen LogP contribution >= 0.6 is 0 Å². The van der Waals surface area contributed by atoms with Gasteiger partial charge in [0, 0.05) is 235 Å². The number of carbonyl (C=O) groups excluding carboxylic acids is 6. The van der Waals surface area contributed by atoms with Gasteiger partial charge in [0.2, 0.25) is 0 Å². The van der Waals surface area contributed by atoms with Crippen molar-refractivity contribution in [3.8, 4) is 0 Å². The summed E-state index contributed by atoms with van der Waals surface area (Å²) in [5, 5.41) is 13.7. The fraction of sp³-hybridized carbons (Fsp3) is 0.250. The topological polar surface area (TPSA) is 216 Å². The van der Waals surface area contributed by atoms with Gasteiger partial charge in [0.15, 0.2) is 0 Å². The summed E-state index contributed by atoms with van der Waals surface area (Å²) in [6.07, 6.45) is 24.2. The summed E-state index contributed by atoms with van der Waals surface area (Å²) in [5.74, 6) is 1.04. The van der Waals surface area contributed by atoms with E-state index in [0.29, 0.717) is 33.4 Å². The number of imide groups is 3. The molecule has 606 valence electrons. The van der Waals surface area contributed by atoms with Gasteiger partial charge in [0.25, 0.3) is 35.4 Å². The molecule has 0 saturated heterocycles. The number of carbonyl (C=O) groups is 6. The van der Waals surface area contributed by atoms with Gasteiger partial charge in [-0.25, -0.2) is 15.0 Å². The number of anilines is 3. The van der Waals surface area contributed by atoms with Crippen LogP contribution in [-0.4, -0.2) is 120 Å². The van der Waals surface area contributed by atoms with E-state index in [4.69, 9.17) is 15.0 Å². The zero-order valence-corrected chi connectivity index (χ0v) is 69.0. The van der Waals surface area contributed by atoms with Crippen LogP contribution in [0.15, 0.2) is 219 Å². The molecule has 3 N–H and O–H groups in total. The van der Waals surface area contributed by atoms with E-state index < -0.39 is 0 Å². The van der Waals surface area contributed by atoms with Crippen LogP contribution in [0.4, 0.5) is 17.5 Å². The zero-order valence-electron chi connectivity index (χ0n) is 69.0. The largest absolute Gasteiger partial charge is 0.363 e. The van der Waals surface area contributed by atoms with Gasteiger partial charge in [-0.3, -0.25) is 44.7 Å². The van der Waals surface area contributed by atoms with Crippen LogP contribution in [0.25, 0.3) is 98.9 Å². The maximum Gasteiger partial charge on any atom is 0.259 e. The van der Waals surface area contributed by atoms with Crippen LogP contribution in [0, 0.1) is 0 Å². The molecule has 6 amide bonds. The van der Waals surface area contributed by atoms with Crippen molar-refractivity contribution in [1.82, 2.24) is 58.3 Å². The minimum atomic E-state index is -0.339. The minimum absolute atomic E-state index is 0.334. The molecule has 23 rings (SSSR count). The SMILES string of the molecule is CN(C)c1cc2cc(n1)CCCn1cc(c3ccccc31)C1=C(C(=O)NC1=O)c1cn(c3ccccc13)CCC2.CN(C)c1nc2ccc1CCCCn1cc(c3ccccc31)C1=C(C(=O)NC1=O)c1cn(c3ccccc13)CCC2.CN(C)c1nc2ccc1CCCn1cc(c3ccccc31)C1=C(C(=O)NC1=O)c1cn(c3ccccc13)CCC2. The van der Waals surface area contributed by atoms with E-state index in [0.717, 1.165) is 256 Å². The first-order valence-electron chi connectivity index (χ1n) is 42.3. The van der Waals surface area contributed by atoms with Crippen LogP contribution in [0.3, 0.4) is 0 Å². The second-order valence-corrected chi connectivity index (χ2v) is 33.2. The monoisotopic (exact) mass is 1600 g/mol. The molecule has 0 spiro atoms. The van der Waals surface area contributed by atoms with Crippen molar-refractivity contribution in [2.75, 3.05) is 57.0 Å². The Hall–Kier alpha value is -14.0. The molecule has 0 unspecified atom stereocenters. The number of fused-ring (bicyclic) bond motifs is 31. The summed E-state index contributed by atoms with van der Waals surface area (Å²) in [5.41, 5.74) is 20.9. The normalized spacial score (nSPS) is 15.9. The Balaban J connectivity index is 0.000000120. The molecular weight excluding hydrogens is 1510 g/mol. The number of hydrogen-bond donors (Lipinski definition) is 3. The van der Waals surface area contributed by atoms with E-state index in [-0.39, 0.29) is 35.4 Å². The van der Waals surface area contributed by atoms with Crippen molar-refractivity contribution in [2.45, 2.75) is 123 Å². The van der Waals surface area contributed by atoms with Crippen molar-refractivity contribution in [3.05, 3.63) is 286 Å². The number of nitrogens with zero attached hydrogens (tertiary/aromatic N) is 12. The third kappa shape index (κ3) is 14.3. The van der Waals surface area contributed by atoms with Gasteiger partial charge in [-0.05, 0) is 161 Å². The lowest BCUT2D eigenvalue weighted by Crippen LogP contribution is -2.22. The Kier molecular flexibility index (Phi) is 20.4. The molecule has 0 aliphatic carbocycles. The molecule has 18 bridgehead atoms. The van der Waals surface area contributed by atoms with Crippen LogP contribution in [0.2, 0.25) is 0 Å². The number of benzene rings is 6.